The van der Waals surface area contributed by atoms with Crippen molar-refractivity contribution in [1.82, 2.24) is 0 Å². The lowest BCUT2D eigenvalue weighted by Gasteiger charge is -1.99. The fraction of sp³-hybridized carbons (Fsp3) is 0.556. The molecule has 0 saturated heterocycles. The van der Waals surface area contributed by atoms with Crippen LogP contribution in [0.1, 0.15) is 56.9 Å². The van der Waals surface area contributed by atoms with E-state index in [1.807, 2.05) is 13.0 Å². The first-order valence-corrected chi connectivity index (χ1v) is 9.61. The van der Waals surface area contributed by atoms with Gasteiger partial charge in [0.15, 0.2) is 0 Å². The van der Waals surface area contributed by atoms with Gasteiger partial charge in [-0.25, -0.2) is 0 Å². The molecule has 0 aliphatic rings. The maximum absolute atomic E-state index is 10.5. The van der Waals surface area contributed by atoms with Gasteiger partial charge in [0.05, 0.1) is 4.90 Å². The fourth-order valence-corrected chi connectivity index (χ4v) is 2.47. The monoisotopic (exact) mass is 342 g/mol. The van der Waals surface area contributed by atoms with Crippen molar-refractivity contribution < 1.29 is 18.1 Å². The lowest BCUT2D eigenvalue weighted by Crippen LogP contribution is -1.96. The highest BCUT2D eigenvalue weighted by atomic mass is 32.2. The average Bonchev–Trinajstić information content (AvgIpc) is 2.50. The Kier molecular flexibility index (Phi) is 12.6. The van der Waals surface area contributed by atoms with Crippen LogP contribution in [0.25, 0.3) is 0 Å². The van der Waals surface area contributed by atoms with Gasteiger partial charge in [0.2, 0.25) is 0 Å². The molecular weight excluding hydrogens is 312 g/mol. The molecule has 0 aromatic heterocycles. The van der Waals surface area contributed by atoms with Crippen molar-refractivity contribution in [2.24, 2.45) is 0 Å². The summed E-state index contributed by atoms with van der Waals surface area (Å²) in [5.74, 6) is 0. The minimum Gasteiger partial charge on any atom is -0.396 e. The summed E-state index contributed by atoms with van der Waals surface area (Å²) in [6.45, 7) is 5.89. The Hall–Kier alpha value is -1.17. The highest BCUT2D eigenvalue weighted by Crippen LogP contribution is 2.09. The molecule has 132 valence electrons. The quantitative estimate of drug-likeness (QED) is 0.372. The smallest absolute Gasteiger partial charge is 0.294 e. The van der Waals surface area contributed by atoms with Crippen molar-refractivity contribution >= 4 is 10.1 Å². The number of hydrogen-bond acceptors (Lipinski definition) is 3. The summed E-state index contributed by atoms with van der Waals surface area (Å²) in [5, 5.41) is 8.53. The van der Waals surface area contributed by atoms with Crippen LogP contribution in [0.5, 0.6) is 0 Å². The second-order valence-corrected chi connectivity index (χ2v) is 6.99. The van der Waals surface area contributed by atoms with Crippen molar-refractivity contribution in [1.29, 1.82) is 0 Å². The molecule has 2 N–H and O–H groups in total. The zero-order valence-corrected chi connectivity index (χ0v) is 14.9. The normalized spacial score (nSPS) is 10.7. The van der Waals surface area contributed by atoms with Crippen molar-refractivity contribution in [3.63, 3.8) is 0 Å². The van der Waals surface area contributed by atoms with Gasteiger partial charge in [-0.05, 0) is 38.3 Å². The molecule has 4 nitrogen and oxygen atoms in total. The molecule has 1 rings (SSSR count). The van der Waals surface area contributed by atoms with Gasteiger partial charge < -0.3 is 5.11 Å². The average molecular weight is 343 g/mol. The van der Waals surface area contributed by atoms with E-state index in [9.17, 15) is 8.42 Å². The van der Waals surface area contributed by atoms with Crippen LogP contribution in [-0.4, -0.2) is 24.7 Å². The Bertz CT molecular complexity index is 506. The standard InChI is InChI=1S/C11H22O.C7H8O3S/c1-2-3-4-5-6-7-8-9-10-11-12;1-6-2-4-7(5-3-6)11(8,9)10/h2,12H,1,3-11H2;2-5H,1H3,(H,8,9,10). The molecule has 0 fully saturated rings. The maximum Gasteiger partial charge on any atom is 0.294 e. The van der Waals surface area contributed by atoms with Crippen molar-refractivity contribution in [3.05, 3.63) is 42.5 Å². The van der Waals surface area contributed by atoms with E-state index in [1.165, 1.54) is 50.7 Å². The first-order valence-electron chi connectivity index (χ1n) is 8.17. The second kappa shape index (κ2) is 13.3. The molecule has 0 spiro atoms. The van der Waals surface area contributed by atoms with E-state index in [0.717, 1.165) is 18.4 Å². The number of rotatable bonds is 10. The molecule has 5 heteroatoms. The number of allylic oxidation sites excluding steroid dienone is 1. The number of unbranched alkanes of at least 4 members (excludes halogenated alkanes) is 7. The Morgan fingerprint density at radius 1 is 0.957 bits per heavy atom. The van der Waals surface area contributed by atoms with E-state index >= 15 is 0 Å². The van der Waals surface area contributed by atoms with Crippen LogP contribution in [0.3, 0.4) is 0 Å². The van der Waals surface area contributed by atoms with Gasteiger partial charge >= 0.3 is 0 Å². The van der Waals surface area contributed by atoms with Crippen LogP contribution in [-0.2, 0) is 10.1 Å². The topological polar surface area (TPSA) is 74.6 Å². The highest BCUT2D eigenvalue weighted by molar-refractivity contribution is 7.85. The molecule has 0 heterocycles. The molecule has 0 aliphatic heterocycles. The Labute approximate surface area is 141 Å². The zero-order chi connectivity index (χ0) is 17.6. The van der Waals surface area contributed by atoms with Gasteiger partial charge in [0.1, 0.15) is 0 Å². The summed E-state index contributed by atoms with van der Waals surface area (Å²) in [4.78, 5) is -0.0666. The third kappa shape index (κ3) is 13.0. The van der Waals surface area contributed by atoms with Crippen molar-refractivity contribution in [2.45, 2.75) is 63.2 Å². The van der Waals surface area contributed by atoms with Gasteiger partial charge in [-0.15, -0.1) is 6.58 Å². The number of aliphatic hydroxyl groups excluding tert-OH is 1. The van der Waals surface area contributed by atoms with Crippen molar-refractivity contribution in [3.8, 4) is 0 Å². The summed E-state index contributed by atoms with van der Waals surface area (Å²) in [6.07, 6.45) is 11.9. The number of hydrogen-bond donors (Lipinski definition) is 2. The molecule has 1 aromatic carbocycles. The molecular formula is C18H30O4S. The van der Waals surface area contributed by atoms with Gasteiger partial charge in [0, 0.05) is 6.61 Å². The summed E-state index contributed by atoms with van der Waals surface area (Å²) in [6, 6.07) is 5.99. The fourth-order valence-electron chi connectivity index (χ4n) is 1.99. The molecule has 0 bridgehead atoms. The second-order valence-electron chi connectivity index (χ2n) is 5.56. The molecule has 1 aromatic rings. The van der Waals surface area contributed by atoms with Crippen molar-refractivity contribution in [2.75, 3.05) is 6.61 Å². The summed E-state index contributed by atoms with van der Waals surface area (Å²) in [5.41, 5.74) is 0.956. The van der Waals surface area contributed by atoms with E-state index in [1.54, 1.807) is 12.1 Å². The minimum atomic E-state index is -4.02. The van der Waals surface area contributed by atoms with E-state index in [-0.39, 0.29) is 4.90 Å². The predicted molar refractivity (Wildman–Crippen MR) is 95.2 cm³/mol. The lowest BCUT2D eigenvalue weighted by atomic mass is 10.1. The molecule has 0 unspecified atom stereocenters. The van der Waals surface area contributed by atoms with Crippen LogP contribution in [0, 0.1) is 6.92 Å². The molecule has 0 saturated carbocycles. The van der Waals surface area contributed by atoms with Gasteiger partial charge in [-0.2, -0.15) is 8.42 Å². The van der Waals surface area contributed by atoms with Crippen LogP contribution in [0.2, 0.25) is 0 Å². The van der Waals surface area contributed by atoms with Crippen LogP contribution >= 0.6 is 0 Å². The van der Waals surface area contributed by atoms with E-state index in [2.05, 4.69) is 6.58 Å². The van der Waals surface area contributed by atoms with E-state index < -0.39 is 10.1 Å². The van der Waals surface area contributed by atoms with E-state index in [0.29, 0.717) is 6.61 Å². The van der Waals surface area contributed by atoms with Crippen LogP contribution < -0.4 is 0 Å². The van der Waals surface area contributed by atoms with Gasteiger partial charge in [-0.3, -0.25) is 4.55 Å². The third-order valence-corrected chi connectivity index (χ3v) is 4.25. The highest BCUT2D eigenvalue weighted by Gasteiger charge is 2.06. The predicted octanol–water partition coefficient (Wildman–Crippen LogP) is 4.53. The molecule has 0 aliphatic carbocycles. The lowest BCUT2D eigenvalue weighted by molar-refractivity contribution is 0.282. The number of aliphatic hydroxyl groups is 1. The summed E-state index contributed by atoms with van der Waals surface area (Å²) < 4.78 is 29.6. The maximum atomic E-state index is 10.5. The van der Waals surface area contributed by atoms with E-state index in [4.69, 9.17) is 9.66 Å². The first kappa shape index (κ1) is 21.8. The SMILES string of the molecule is C=CCCCCCCCCCO.Cc1ccc(S(=O)(=O)O)cc1. The number of benzene rings is 1. The third-order valence-electron chi connectivity index (χ3n) is 3.39. The van der Waals surface area contributed by atoms with Crippen LogP contribution in [0.15, 0.2) is 41.8 Å². The molecule has 0 atom stereocenters. The molecule has 0 radical (unpaired) electrons. The molecule has 0 amide bonds. The number of aryl methyl sites for hydroxylation is 1. The minimum absolute atomic E-state index is 0.0666. The Morgan fingerprint density at radius 3 is 1.87 bits per heavy atom. The Balaban J connectivity index is 0.000000422. The van der Waals surface area contributed by atoms with Crippen LogP contribution in [0.4, 0.5) is 0 Å². The summed E-state index contributed by atoms with van der Waals surface area (Å²) in [7, 11) is -4.02. The summed E-state index contributed by atoms with van der Waals surface area (Å²) >= 11 is 0. The van der Waals surface area contributed by atoms with Gasteiger partial charge in [-0.1, -0.05) is 55.9 Å². The zero-order valence-electron chi connectivity index (χ0n) is 14.1. The molecule has 23 heavy (non-hydrogen) atoms. The van der Waals surface area contributed by atoms with Gasteiger partial charge in [0.25, 0.3) is 10.1 Å². The largest absolute Gasteiger partial charge is 0.396 e. The Morgan fingerprint density at radius 2 is 1.43 bits per heavy atom. The first-order chi connectivity index (χ1) is 10.9.